The largest absolute Gasteiger partial charge is 0.371 e. The highest BCUT2D eigenvalue weighted by atomic mass is 16.6. The second-order valence-electron chi connectivity index (χ2n) is 3.72. The van der Waals surface area contributed by atoms with Gasteiger partial charge in [-0.15, -0.1) is 6.58 Å². The Morgan fingerprint density at radius 1 is 1.50 bits per heavy atom. The van der Waals surface area contributed by atoms with Gasteiger partial charge in [0.1, 0.15) is 0 Å². The quantitative estimate of drug-likeness (QED) is 0.474. The van der Waals surface area contributed by atoms with Gasteiger partial charge in [-0.25, -0.2) is 0 Å². The van der Waals surface area contributed by atoms with Crippen LogP contribution in [0.15, 0.2) is 12.7 Å². The Kier molecular flexibility index (Phi) is 2.20. The molecule has 0 amide bonds. The number of hydrogen-bond donors (Lipinski definition) is 0. The third-order valence-electron chi connectivity index (χ3n) is 2.70. The molecule has 0 aromatic rings. The van der Waals surface area contributed by atoms with Gasteiger partial charge in [-0.3, -0.25) is 0 Å². The minimum atomic E-state index is 0.185. The van der Waals surface area contributed by atoms with Crippen molar-refractivity contribution in [2.24, 2.45) is 0 Å². The normalized spacial score (nSPS) is 41.6. The van der Waals surface area contributed by atoms with Crippen LogP contribution in [0.4, 0.5) is 0 Å². The van der Waals surface area contributed by atoms with Crippen molar-refractivity contribution in [3.63, 3.8) is 0 Å². The molecule has 1 aliphatic carbocycles. The second-order valence-corrected chi connectivity index (χ2v) is 3.72. The van der Waals surface area contributed by atoms with Crippen molar-refractivity contribution in [1.29, 1.82) is 0 Å². The lowest BCUT2D eigenvalue weighted by Crippen LogP contribution is -2.24. The van der Waals surface area contributed by atoms with Gasteiger partial charge in [-0.05, 0) is 19.8 Å². The van der Waals surface area contributed by atoms with Gasteiger partial charge in [0.25, 0.3) is 0 Å². The molecule has 1 saturated carbocycles. The lowest BCUT2D eigenvalue weighted by molar-refractivity contribution is 0.00552. The molecule has 2 nitrogen and oxygen atoms in total. The Morgan fingerprint density at radius 3 is 3.00 bits per heavy atom. The van der Waals surface area contributed by atoms with Gasteiger partial charge < -0.3 is 9.47 Å². The van der Waals surface area contributed by atoms with Crippen LogP contribution in [0.2, 0.25) is 0 Å². The summed E-state index contributed by atoms with van der Waals surface area (Å²) in [5.41, 5.74) is 0. The van der Waals surface area contributed by atoms with Crippen LogP contribution in [-0.4, -0.2) is 24.4 Å². The molecule has 4 unspecified atom stereocenters. The van der Waals surface area contributed by atoms with Gasteiger partial charge in [0.2, 0.25) is 0 Å². The van der Waals surface area contributed by atoms with E-state index in [0.29, 0.717) is 18.3 Å². The molecule has 2 rings (SSSR count). The van der Waals surface area contributed by atoms with Crippen molar-refractivity contribution >= 4 is 0 Å². The fraction of sp³-hybridized carbons (Fsp3) is 0.800. The van der Waals surface area contributed by atoms with Crippen molar-refractivity contribution in [2.45, 2.75) is 50.6 Å². The Morgan fingerprint density at radius 2 is 2.33 bits per heavy atom. The summed E-state index contributed by atoms with van der Waals surface area (Å²) in [7, 11) is 0. The van der Waals surface area contributed by atoms with E-state index < -0.39 is 0 Å². The molecule has 0 spiro atoms. The first-order chi connectivity index (χ1) is 5.79. The summed E-state index contributed by atoms with van der Waals surface area (Å²) in [5, 5.41) is 0. The number of fused-ring (bicyclic) bond motifs is 1. The van der Waals surface area contributed by atoms with E-state index in [1.54, 1.807) is 0 Å². The maximum atomic E-state index is 5.74. The van der Waals surface area contributed by atoms with Gasteiger partial charge in [0.15, 0.2) is 0 Å². The zero-order chi connectivity index (χ0) is 8.55. The molecule has 0 radical (unpaired) electrons. The van der Waals surface area contributed by atoms with E-state index in [4.69, 9.17) is 9.47 Å². The van der Waals surface area contributed by atoms with E-state index in [0.717, 1.165) is 12.8 Å². The van der Waals surface area contributed by atoms with Crippen molar-refractivity contribution in [3.8, 4) is 0 Å². The van der Waals surface area contributed by atoms with Crippen LogP contribution >= 0.6 is 0 Å². The van der Waals surface area contributed by atoms with Crippen LogP contribution in [-0.2, 0) is 9.47 Å². The summed E-state index contributed by atoms with van der Waals surface area (Å²) in [6.07, 6.45) is 6.94. The summed E-state index contributed by atoms with van der Waals surface area (Å²) >= 11 is 0. The number of hydrogen-bond acceptors (Lipinski definition) is 2. The summed E-state index contributed by atoms with van der Waals surface area (Å²) in [6, 6.07) is 0. The highest BCUT2D eigenvalue weighted by molar-refractivity contribution is 4.93. The molecule has 2 aliphatic rings. The Bertz CT molecular complexity index is 179. The van der Waals surface area contributed by atoms with E-state index in [-0.39, 0.29) is 6.10 Å². The van der Waals surface area contributed by atoms with Crippen LogP contribution in [0.25, 0.3) is 0 Å². The van der Waals surface area contributed by atoms with Crippen molar-refractivity contribution in [2.75, 3.05) is 0 Å². The zero-order valence-corrected chi connectivity index (χ0v) is 7.53. The predicted octanol–water partition coefficient (Wildman–Crippen LogP) is 1.90. The van der Waals surface area contributed by atoms with Crippen molar-refractivity contribution < 1.29 is 9.47 Å². The average Bonchev–Trinajstić information content (AvgIpc) is 2.82. The van der Waals surface area contributed by atoms with Crippen molar-refractivity contribution in [3.05, 3.63) is 12.7 Å². The van der Waals surface area contributed by atoms with Crippen LogP contribution in [0.5, 0.6) is 0 Å². The lowest BCUT2D eigenvalue weighted by atomic mass is 9.98. The molecule has 0 N–H and O–H groups in total. The summed E-state index contributed by atoms with van der Waals surface area (Å²) in [4.78, 5) is 0. The van der Waals surface area contributed by atoms with E-state index in [2.05, 4.69) is 6.58 Å². The number of rotatable bonds is 3. The first-order valence-corrected chi connectivity index (χ1v) is 4.73. The summed E-state index contributed by atoms with van der Waals surface area (Å²) in [6.45, 7) is 5.73. The van der Waals surface area contributed by atoms with Gasteiger partial charge in [-0.1, -0.05) is 6.08 Å². The van der Waals surface area contributed by atoms with E-state index in [9.17, 15) is 0 Å². The smallest absolute Gasteiger partial charge is 0.0866 e. The molecule has 1 saturated heterocycles. The molecule has 0 aromatic heterocycles. The second kappa shape index (κ2) is 3.19. The standard InChI is InChI=1S/C10H16O2/c1-3-7(2)11-8-4-5-9-10(6-8)12-9/h3,7-10H,1,4-6H2,2H3. The highest BCUT2D eigenvalue weighted by Crippen LogP contribution is 2.37. The molecular formula is C10H16O2. The molecule has 0 bridgehead atoms. The maximum absolute atomic E-state index is 5.74. The van der Waals surface area contributed by atoms with Crippen LogP contribution in [0.3, 0.4) is 0 Å². The zero-order valence-electron chi connectivity index (χ0n) is 7.53. The molecule has 0 aromatic carbocycles. The summed E-state index contributed by atoms with van der Waals surface area (Å²) < 4.78 is 11.2. The fourth-order valence-electron chi connectivity index (χ4n) is 1.85. The monoisotopic (exact) mass is 168 g/mol. The van der Waals surface area contributed by atoms with Crippen LogP contribution in [0, 0.1) is 0 Å². The van der Waals surface area contributed by atoms with E-state index in [1.165, 1.54) is 6.42 Å². The van der Waals surface area contributed by atoms with Crippen LogP contribution < -0.4 is 0 Å². The molecule has 4 atom stereocenters. The molecule has 1 heterocycles. The minimum absolute atomic E-state index is 0.185. The molecule has 1 aliphatic heterocycles. The Balaban J connectivity index is 1.76. The van der Waals surface area contributed by atoms with E-state index >= 15 is 0 Å². The summed E-state index contributed by atoms with van der Waals surface area (Å²) in [5.74, 6) is 0. The Labute approximate surface area is 73.5 Å². The highest BCUT2D eigenvalue weighted by Gasteiger charge is 2.44. The van der Waals surface area contributed by atoms with Crippen molar-refractivity contribution in [1.82, 2.24) is 0 Å². The predicted molar refractivity (Wildman–Crippen MR) is 47.0 cm³/mol. The lowest BCUT2D eigenvalue weighted by Gasteiger charge is -2.22. The topological polar surface area (TPSA) is 21.8 Å². The first kappa shape index (κ1) is 8.27. The molecule has 12 heavy (non-hydrogen) atoms. The fourth-order valence-corrected chi connectivity index (χ4v) is 1.85. The van der Waals surface area contributed by atoms with Gasteiger partial charge in [-0.2, -0.15) is 0 Å². The maximum Gasteiger partial charge on any atom is 0.0866 e. The molecule has 68 valence electrons. The SMILES string of the molecule is C=CC(C)OC1CCC2OC2C1. The third-order valence-corrected chi connectivity index (χ3v) is 2.70. The third kappa shape index (κ3) is 1.70. The average molecular weight is 168 g/mol. The van der Waals surface area contributed by atoms with Gasteiger partial charge in [0.05, 0.1) is 24.4 Å². The number of ether oxygens (including phenoxy) is 2. The van der Waals surface area contributed by atoms with E-state index in [1.807, 2.05) is 13.0 Å². The van der Waals surface area contributed by atoms with Gasteiger partial charge in [0, 0.05) is 6.42 Å². The number of epoxide rings is 1. The molecule has 2 fully saturated rings. The molecule has 2 heteroatoms. The van der Waals surface area contributed by atoms with Crippen LogP contribution in [0.1, 0.15) is 26.2 Å². The molecular weight excluding hydrogens is 152 g/mol. The first-order valence-electron chi connectivity index (χ1n) is 4.73. The Hall–Kier alpha value is -0.340. The minimum Gasteiger partial charge on any atom is -0.371 e. The van der Waals surface area contributed by atoms with Gasteiger partial charge >= 0.3 is 0 Å².